The van der Waals surface area contributed by atoms with Crippen molar-refractivity contribution in [3.05, 3.63) is 48.0 Å². The van der Waals surface area contributed by atoms with Crippen LogP contribution in [-0.2, 0) is 0 Å². The molecule has 3 aromatic rings. The molecular formula is C13H8NOPS. The van der Waals surface area contributed by atoms with Crippen molar-refractivity contribution in [3.8, 4) is 0 Å². The summed E-state index contributed by atoms with van der Waals surface area (Å²) in [5.41, 5.74) is 2.49. The second kappa shape index (κ2) is 4.10. The van der Waals surface area contributed by atoms with Gasteiger partial charge in [0.25, 0.3) is 0 Å². The third-order valence-corrected chi connectivity index (χ3v) is 4.15. The lowest BCUT2D eigenvalue weighted by Crippen LogP contribution is -1.90. The molecule has 1 aromatic heterocycles. The molecule has 0 fully saturated rings. The maximum atomic E-state index is 11.4. The van der Waals surface area contributed by atoms with E-state index in [4.69, 9.17) is 0 Å². The number of benzene rings is 2. The minimum absolute atomic E-state index is 0.205. The quantitative estimate of drug-likeness (QED) is 0.526. The van der Waals surface area contributed by atoms with Crippen molar-refractivity contribution in [2.75, 3.05) is 0 Å². The Labute approximate surface area is 105 Å². The first kappa shape index (κ1) is 10.7. The molecule has 2 aromatic carbocycles. The molecule has 0 amide bonds. The van der Waals surface area contributed by atoms with Gasteiger partial charge in [0.2, 0.25) is 5.12 Å². The normalized spacial score (nSPS) is 11.4. The van der Waals surface area contributed by atoms with Crippen molar-refractivity contribution in [2.45, 2.75) is 0 Å². The minimum Gasteiger partial charge on any atom is -0.282 e. The summed E-state index contributed by atoms with van der Waals surface area (Å²) in [7, 11) is 1.02. The molecule has 0 aliphatic rings. The Balaban J connectivity index is 2.47. The average Bonchev–Trinajstić information content (AvgIpc) is 2.35. The molecule has 0 spiro atoms. The summed E-state index contributed by atoms with van der Waals surface area (Å²) < 4.78 is 0. The van der Waals surface area contributed by atoms with Crippen LogP contribution >= 0.6 is 20.8 Å². The Morgan fingerprint density at radius 1 is 1.06 bits per heavy atom. The van der Waals surface area contributed by atoms with Gasteiger partial charge in [-0.3, -0.25) is 4.79 Å². The van der Waals surface area contributed by atoms with Crippen molar-refractivity contribution in [2.24, 2.45) is 0 Å². The average molecular weight is 257 g/mol. The summed E-state index contributed by atoms with van der Waals surface area (Å²) >= 11 is 3.91. The Bertz CT molecular complexity index is 742. The number of hydrogen-bond donors (Lipinski definition) is 1. The third kappa shape index (κ3) is 1.82. The zero-order valence-electron chi connectivity index (χ0n) is 8.79. The van der Waals surface area contributed by atoms with E-state index in [1.807, 2.05) is 36.4 Å². The number of nitrogens with zero attached hydrogens (tertiary/aromatic N) is 1. The zero-order chi connectivity index (χ0) is 11.8. The molecular weight excluding hydrogens is 249 g/mol. The van der Waals surface area contributed by atoms with Crippen LogP contribution in [-0.4, -0.2) is 10.1 Å². The molecule has 0 aliphatic carbocycles. The number of fused-ring (bicyclic) bond motifs is 2. The van der Waals surface area contributed by atoms with Crippen LogP contribution in [0.15, 0.2) is 42.5 Å². The number of thiol groups is 1. The van der Waals surface area contributed by atoms with Crippen molar-refractivity contribution >= 4 is 47.2 Å². The summed E-state index contributed by atoms with van der Waals surface area (Å²) in [6.45, 7) is 0. The van der Waals surface area contributed by atoms with E-state index >= 15 is 0 Å². The van der Waals surface area contributed by atoms with E-state index < -0.39 is 0 Å². The second-order valence-corrected chi connectivity index (χ2v) is 5.25. The van der Waals surface area contributed by atoms with Crippen molar-refractivity contribution < 1.29 is 4.79 Å². The zero-order valence-corrected chi connectivity index (χ0v) is 10.6. The van der Waals surface area contributed by atoms with Gasteiger partial charge < -0.3 is 0 Å². The van der Waals surface area contributed by atoms with Crippen LogP contribution in [0.1, 0.15) is 10.4 Å². The van der Waals surface area contributed by atoms with Gasteiger partial charge >= 0.3 is 0 Å². The highest BCUT2D eigenvalue weighted by atomic mass is 32.1. The van der Waals surface area contributed by atoms with Gasteiger partial charge in [-0.2, -0.15) is 0 Å². The number of hydrogen-bond acceptors (Lipinski definition) is 2. The molecule has 0 saturated heterocycles. The summed E-state index contributed by atoms with van der Waals surface area (Å²) in [6.07, 6.45) is 0. The molecule has 17 heavy (non-hydrogen) atoms. The fourth-order valence-electron chi connectivity index (χ4n) is 1.82. The first-order valence-corrected chi connectivity index (χ1v) is 6.49. The molecule has 0 aliphatic heterocycles. The van der Waals surface area contributed by atoms with Gasteiger partial charge in [0.1, 0.15) is 0 Å². The lowest BCUT2D eigenvalue weighted by atomic mass is 10.2. The molecule has 0 N–H and O–H groups in total. The first-order chi connectivity index (χ1) is 8.25. The molecule has 0 atom stereocenters. The molecule has 3 rings (SSSR count). The second-order valence-electron chi connectivity index (χ2n) is 3.69. The Kier molecular flexibility index (Phi) is 2.58. The summed E-state index contributed by atoms with van der Waals surface area (Å²) in [5, 5.41) is 1.87. The number of rotatable bonds is 1. The van der Waals surface area contributed by atoms with E-state index in [2.05, 4.69) is 17.6 Å². The van der Waals surface area contributed by atoms with Gasteiger partial charge in [-0.25, -0.2) is 4.98 Å². The van der Waals surface area contributed by atoms with Crippen LogP contribution in [0.5, 0.6) is 0 Å². The number of carbonyl (C=O) groups excluding carboxylic acids is 1. The monoisotopic (exact) mass is 257 g/mol. The highest BCUT2D eigenvalue weighted by Gasteiger charge is 2.08. The fourth-order valence-corrected chi connectivity index (χ4v) is 3.27. The van der Waals surface area contributed by atoms with Crippen molar-refractivity contribution in [1.29, 1.82) is 0 Å². The van der Waals surface area contributed by atoms with Crippen LogP contribution in [0.4, 0.5) is 0 Å². The Hall–Kier alpha value is -1.44. The summed E-state index contributed by atoms with van der Waals surface area (Å²) in [5.74, 6) is 0. The van der Waals surface area contributed by atoms with Crippen molar-refractivity contribution in [1.82, 2.24) is 4.98 Å². The van der Waals surface area contributed by atoms with Gasteiger partial charge in [0, 0.05) is 15.8 Å². The SMILES string of the molecule is O=C(S)c1cccc2nc3ccccc3pc12. The van der Waals surface area contributed by atoms with Gasteiger partial charge in [-0.05, 0) is 24.3 Å². The molecule has 0 unspecified atom stereocenters. The lowest BCUT2D eigenvalue weighted by molar-refractivity contribution is 0.109. The molecule has 4 heteroatoms. The van der Waals surface area contributed by atoms with E-state index in [9.17, 15) is 4.79 Å². The highest BCUT2D eigenvalue weighted by molar-refractivity contribution is 7.97. The van der Waals surface area contributed by atoms with Gasteiger partial charge in [0.05, 0.1) is 11.0 Å². The van der Waals surface area contributed by atoms with Gasteiger partial charge in [-0.1, -0.05) is 26.4 Å². The lowest BCUT2D eigenvalue weighted by Gasteiger charge is -2.03. The van der Waals surface area contributed by atoms with E-state index in [0.717, 1.165) is 29.5 Å². The predicted octanol–water partition coefficient (Wildman–Crippen LogP) is 4.04. The van der Waals surface area contributed by atoms with Crippen LogP contribution in [0.25, 0.3) is 21.3 Å². The van der Waals surface area contributed by atoms with E-state index in [1.165, 1.54) is 0 Å². The molecule has 0 radical (unpaired) electrons. The number of para-hydroxylation sites is 1. The van der Waals surface area contributed by atoms with Crippen molar-refractivity contribution in [3.63, 3.8) is 0 Å². The predicted molar refractivity (Wildman–Crippen MR) is 75.1 cm³/mol. The molecule has 0 saturated carbocycles. The minimum atomic E-state index is -0.205. The molecule has 1 heterocycles. The van der Waals surface area contributed by atoms with Crippen LogP contribution < -0.4 is 0 Å². The molecule has 2 nitrogen and oxygen atoms in total. The summed E-state index contributed by atoms with van der Waals surface area (Å²) in [4.78, 5) is 16.0. The topological polar surface area (TPSA) is 30.0 Å². The van der Waals surface area contributed by atoms with E-state index in [0.29, 0.717) is 5.56 Å². The standard InChI is InChI=1S/C13H8NOPS/c15-13(17)8-4-3-6-10-12(8)16-11-7-2-1-5-9(11)14-10/h1-7H,(H,15,17). The number of carbonyl (C=O) groups is 1. The Morgan fingerprint density at radius 2 is 1.82 bits per heavy atom. The highest BCUT2D eigenvalue weighted by Crippen LogP contribution is 2.32. The summed E-state index contributed by atoms with van der Waals surface area (Å²) in [6, 6.07) is 13.5. The molecule has 82 valence electrons. The van der Waals surface area contributed by atoms with Crippen LogP contribution in [0.2, 0.25) is 0 Å². The Morgan fingerprint density at radius 3 is 2.65 bits per heavy atom. The molecule has 0 bridgehead atoms. The van der Waals surface area contributed by atoms with E-state index in [1.54, 1.807) is 6.07 Å². The fraction of sp³-hybridized carbons (Fsp3) is 0. The maximum absolute atomic E-state index is 11.4. The largest absolute Gasteiger partial charge is 0.282 e. The van der Waals surface area contributed by atoms with Crippen LogP contribution in [0.3, 0.4) is 0 Å². The third-order valence-electron chi connectivity index (χ3n) is 2.60. The van der Waals surface area contributed by atoms with Gasteiger partial charge in [-0.15, -0.1) is 12.6 Å². The maximum Gasteiger partial charge on any atom is 0.217 e. The van der Waals surface area contributed by atoms with Gasteiger partial charge in [0.15, 0.2) is 0 Å². The van der Waals surface area contributed by atoms with E-state index in [-0.39, 0.29) is 5.12 Å². The first-order valence-electron chi connectivity index (χ1n) is 5.14. The van der Waals surface area contributed by atoms with Crippen LogP contribution in [0, 0.1) is 0 Å². The smallest absolute Gasteiger partial charge is 0.217 e. The number of aromatic nitrogens is 1.